The summed E-state index contributed by atoms with van der Waals surface area (Å²) in [5, 5.41) is 2.46. The van der Waals surface area contributed by atoms with E-state index in [-0.39, 0.29) is 19.1 Å². The van der Waals surface area contributed by atoms with Gasteiger partial charge in [-0.05, 0) is 12.1 Å². The van der Waals surface area contributed by atoms with Crippen LogP contribution in [0.1, 0.15) is 10.4 Å². The normalized spacial score (nSPS) is 9.25. The van der Waals surface area contributed by atoms with Crippen molar-refractivity contribution in [3.63, 3.8) is 0 Å². The van der Waals surface area contributed by atoms with Crippen LogP contribution in [0.15, 0.2) is 43.0 Å². The zero-order chi connectivity index (χ0) is 11.8. The second-order valence-corrected chi connectivity index (χ2v) is 3.02. The largest absolute Gasteiger partial charge is 0.460 e. The molecule has 0 aromatic heterocycles. The van der Waals surface area contributed by atoms with Gasteiger partial charge in [-0.1, -0.05) is 30.9 Å². The Morgan fingerprint density at radius 3 is 2.62 bits per heavy atom. The second-order valence-electron chi connectivity index (χ2n) is 3.02. The second kappa shape index (κ2) is 6.40. The molecule has 0 aliphatic heterocycles. The van der Waals surface area contributed by atoms with Crippen molar-refractivity contribution in [3.05, 3.63) is 48.6 Å². The van der Waals surface area contributed by atoms with Gasteiger partial charge in [0.25, 0.3) is 5.91 Å². The van der Waals surface area contributed by atoms with Gasteiger partial charge in [-0.15, -0.1) is 0 Å². The molecule has 1 aromatic carbocycles. The highest BCUT2D eigenvalue weighted by Gasteiger charge is 2.07. The molecule has 0 atom stereocenters. The summed E-state index contributed by atoms with van der Waals surface area (Å²) >= 11 is 0. The SMILES string of the molecule is C=CCOC(=O)CNC(=O)c1ccccc1. The maximum absolute atomic E-state index is 11.5. The van der Waals surface area contributed by atoms with Gasteiger partial charge < -0.3 is 10.1 Å². The van der Waals surface area contributed by atoms with Crippen LogP contribution in [0.3, 0.4) is 0 Å². The molecular weight excluding hydrogens is 206 g/mol. The number of esters is 1. The maximum atomic E-state index is 11.5. The van der Waals surface area contributed by atoms with Crippen molar-refractivity contribution in [1.82, 2.24) is 5.32 Å². The quantitative estimate of drug-likeness (QED) is 0.597. The van der Waals surface area contributed by atoms with Gasteiger partial charge in [-0.3, -0.25) is 9.59 Å². The number of benzene rings is 1. The first-order chi connectivity index (χ1) is 7.74. The predicted octanol–water partition coefficient (Wildman–Crippen LogP) is 1.15. The van der Waals surface area contributed by atoms with Crippen LogP contribution in [-0.4, -0.2) is 25.0 Å². The lowest BCUT2D eigenvalue weighted by molar-refractivity contribution is -0.141. The summed E-state index contributed by atoms with van der Waals surface area (Å²) in [6, 6.07) is 8.67. The zero-order valence-corrected chi connectivity index (χ0v) is 8.81. The lowest BCUT2D eigenvalue weighted by atomic mass is 10.2. The van der Waals surface area contributed by atoms with Gasteiger partial charge in [-0.2, -0.15) is 0 Å². The van der Waals surface area contributed by atoms with E-state index in [1.54, 1.807) is 24.3 Å². The first-order valence-corrected chi connectivity index (χ1v) is 4.84. The van der Waals surface area contributed by atoms with E-state index < -0.39 is 5.97 Å². The maximum Gasteiger partial charge on any atom is 0.325 e. The van der Waals surface area contributed by atoms with E-state index >= 15 is 0 Å². The number of amides is 1. The van der Waals surface area contributed by atoms with Crippen molar-refractivity contribution in [2.75, 3.05) is 13.2 Å². The van der Waals surface area contributed by atoms with E-state index in [2.05, 4.69) is 11.9 Å². The molecule has 0 spiro atoms. The standard InChI is InChI=1S/C12H13NO3/c1-2-8-16-11(14)9-13-12(15)10-6-4-3-5-7-10/h2-7H,1,8-9H2,(H,13,15). The summed E-state index contributed by atoms with van der Waals surface area (Å²) < 4.78 is 4.71. The summed E-state index contributed by atoms with van der Waals surface area (Å²) in [6.45, 7) is 3.43. The van der Waals surface area contributed by atoms with Gasteiger partial charge in [0.05, 0.1) is 0 Å². The van der Waals surface area contributed by atoms with Crippen molar-refractivity contribution in [2.24, 2.45) is 0 Å². The van der Waals surface area contributed by atoms with Crippen molar-refractivity contribution < 1.29 is 14.3 Å². The molecule has 0 radical (unpaired) electrons. The molecule has 0 fully saturated rings. The smallest absolute Gasteiger partial charge is 0.325 e. The first-order valence-electron chi connectivity index (χ1n) is 4.84. The minimum absolute atomic E-state index is 0.137. The molecule has 1 aromatic rings. The number of carbonyl (C=O) groups is 2. The van der Waals surface area contributed by atoms with Crippen LogP contribution in [0.4, 0.5) is 0 Å². The van der Waals surface area contributed by atoms with E-state index in [1.165, 1.54) is 6.08 Å². The average Bonchev–Trinajstić information content (AvgIpc) is 2.34. The monoisotopic (exact) mass is 219 g/mol. The molecule has 84 valence electrons. The van der Waals surface area contributed by atoms with Crippen LogP contribution in [-0.2, 0) is 9.53 Å². The van der Waals surface area contributed by atoms with Gasteiger partial charge in [-0.25, -0.2) is 0 Å². The molecule has 16 heavy (non-hydrogen) atoms. The van der Waals surface area contributed by atoms with Crippen molar-refractivity contribution in [2.45, 2.75) is 0 Å². The van der Waals surface area contributed by atoms with Gasteiger partial charge in [0.1, 0.15) is 13.2 Å². The van der Waals surface area contributed by atoms with Crippen molar-refractivity contribution >= 4 is 11.9 Å². The van der Waals surface area contributed by atoms with Crippen LogP contribution in [0, 0.1) is 0 Å². The highest BCUT2D eigenvalue weighted by atomic mass is 16.5. The topological polar surface area (TPSA) is 55.4 Å². The Bertz CT molecular complexity index is 373. The summed E-state index contributed by atoms with van der Waals surface area (Å²) in [7, 11) is 0. The Labute approximate surface area is 93.9 Å². The van der Waals surface area contributed by atoms with E-state index in [0.717, 1.165) is 0 Å². The molecule has 0 heterocycles. The van der Waals surface area contributed by atoms with E-state index in [9.17, 15) is 9.59 Å². The molecule has 1 N–H and O–H groups in total. The van der Waals surface area contributed by atoms with Crippen LogP contribution in [0.2, 0.25) is 0 Å². The van der Waals surface area contributed by atoms with Crippen molar-refractivity contribution in [3.8, 4) is 0 Å². The van der Waals surface area contributed by atoms with E-state index in [1.807, 2.05) is 6.07 Å². The summed E-state index contributed by atoms with van der Waals surface area (Å²) in [5.41, 5.74) is 0.513. The van der Waals surface area contributed by atoms with Crippen LogP contribution in [0.5, 0.6) is 0 Å². The molecule has 4 heteroatoms. The van der Waals surface area contributed by atoms with Crippen LogP contribution < -0.4 is 5.32 Å². The van der Waals surface area contributed by atoms with Gasteiger partial charge >= 0.3 is 5.97 Å². The number of rotatable bonds is 5. The fourth-order valence-corrected chi connectivity index (χ4v) is 1.05. The highest BCUT2D eigenvalue weighted by Crippen LogP contribution is 1.97. The molecule has 1 rings (SSSR count). The van der Waals surface area contributed by atoms with Gasteiger partial charge in [0.2, 0.25) is 0 Å². The van der Waals surface area contributed by atoms with Crippen molar-refractivity contribution in [1.29, 1.82) is 0 Å². The Balaban J connectivity index is 2.36. The van der Waals surface area contributed by atoms with E-state index in [0.29, 0.717) is 5.56 Å². The summed E-state index contributed by atoms with van der Waals surface area (Å²) in [4.78, 5) is 22.5. The number of nitrogens with one attached hydrogen (secondary N) is 1. The molecule has 0 unspecified atom stereocenters. The summed E-state index contributed by atoms with van der Waals surface area (Å²) in [6.07, 6.45) is 1.47. The number of ether oxygens (including phenoxy) is 1. The number of hydrogen-bond donors (Lipinski definition) is 1. The first kappa shape index (κ1) is 12.0. The Morgan fingerprint density at radius 1 is 1.31 bits per heavy atom. The molecule has 0 aliphatic rings. The molecule has 0 aliphatic carbocycles. The third-order valence-electron chi connectivity index (χ3n) is 1.79. The van der Waals surface area contributed by atoms with Gasteiger partial charge in [0, 0.05) is 5.56 Å². The zero-order valence-electron chi connectivity index (χ0n) is 8.81. The number of carbonyl (C=O) groups excluding carboxylic acids is 2. The lowest BCUT2D eigenvalue weighted by Crippen LogP contribution is -2.30. The molecule has 4 nitrogen and oxygen atoms in total. The molecule has 0 saturated carbocycles. The minimum Gasteiger partial charge on any atom is -0.460 e. The van der Waals surface area contributed by atoms with Crippen LogP contribution >= 0.6 is 0 Å². The minimum atomic E-state index is -0.482. The van der Waals surface area contributed by atoms with E-state index in [4.69, 9.17) is 4.74 Å². The third kappa shape index (κ3) is 3.96. The Kier molecular flexibility index (Phi) is 4.79. The van der Waals surface area contributed by atoms with Gasteiger partial charge in [0.15, 0.2) is 0 Å². The van der Waals surface area contributed by atoms with Crippen LogP contribution in [0.25, 0.3) is 0 Å². The number of hydrogen-bond acceptors (Lipinski definition) is 3. The molecule has 1 amide bonds. The molecular formula is C12H13NO3. The fraction of sp³-hybridized carbons (Fsp3) is 0.167. The molecule has 0 saturated heterocycles. The Morgan fingerprint density at radius 2 is 2.00 bits per heavy atom. The summed E-state index contributed by atoms with van der Waals surface area (Å²) in [5.74, 6) is -0.777. The molecule has 0 bridgehead atoms. The lowest BCUT2D eigenvalue weighted by Gasteiger charge is -2.04. The fourth-order valence-electron chi connectivity index (χ4n) is 1.05. The highest BCUT2D eigenvalue weighted by molar-refractivity contribution is 5.95. The third-order valence-corrected chi connectivity index (χ3v) is 1.79. The predicted molar refractivity (Wildman–Crippen MR) is 59.9 cm³/mol. The average molecular weight is 219 g/mol. The Hall–Kier alpha value is -2.10.